The number of aromatic nitrogens is 3. The third-order valence-corrected chi connectivity index (χ3v) is 23.6. The van der Waals surface area contributed by atoms with Gasteiger partial charge in [-0.05, 0) is 209 Å². The molecular formula is C84H108ClN15O9. The quantitative estimate of drug-likeness (QED) is 0.0344. The Balaban J connectivity index is 0.000000162. The predicted molar refractivity (Wildman–Crippen MR) is 423 cm³/mol. The van der Waals surface area contributed by atoms with Crippen molar-refractivity contribution in [2.75, 3.05) is 52.5 Å². The topological polar surface area (TPSA) is 326 Å². The number of imide groups is 3. The summed E-state index contributed by atoms with van der Waals surface area (Å²) in [5.41, 5.74) is 22.0. The predicted octanol–water partition coefficient (Wildman–Crippen LogP) is 12.6. The fraction of sp³-hybridized carbons (Fsp3) is 0.500. The maximum Gasteiger partial charge on any atom is 0.325 e. The largest absolute Gasteiger partial charge is 0.384 e. The molecule has 3 aromatic carbocycles. The third kappa shape index (κ3) is 19.2. The van der Waals surface area contributed by atoms with Crippen LogP contribution in [0.2, 0.25) is 5.02 Å². The van der Waals surface area contributed by atoms with Crippen molar-refractivity contribution in [1.82, 2.24) is 45.6 Å². The van der Waals surface area contributed by atoms with E-state index < -0.39 is 54.0 Å². The van der Waals surface area contributed by atoms with Crippen molar-refractivity contribution < 1.29 is 43.2 Å². The number of nitrogen functional groups attached to an aromatic ring is 3. The number of nitrogens with two attached hydrogens (primary N) is 3. The molecule has 0 unspecified atom stereocenters. The van der Waals surface area contributed by atoms with Crippen molar-refractivity contribution >= 4 is 99.7 Å². The Labute approximate surface area is 645 Å². The fourth-order valence-electron chi connectivity index (χ4n) is 17.3. The minimum absolute atomic E-state index is 0.0226. The molecule has 3 saturated heterocycles. The highest BCUT2D eigenvalue weighted by Crippen LogP contribution is 2.43. The van der Waals surface area contributed by atoms with Crippen LogP contribution < -0.4 is 47.9 Å². The number of halogens is 1. The van der Waals surface area contributed by atoms with Crippen LogP contribution in [0.3, 0.4) is 0 Å². The van der Waals surface area contributed by atoms with Crippen LogP contribution in [0.15, 0.2) is 140 Å². The van der Waals surface area contributed by atoms with E-state index in [4.69, 9.17) is 28.8 Å². The Hall–Kier alpha value is -9.97. The molecule has 7 aliphatic rings. The highest BCUT2D eigenvalue weighted by atomic mass is 35.5. The van der Waals surface area contributed by atoms with Gasteiger partial charge < -0.3 is 47.9 Å². The Kier molecular flexibility index (Phi) is 27.1. The molecular weight excluding hydrogens is 1400 g/mol. The van der Waals surface area contributed by atoms with E-state index in [0.717, 1.165) is 115 Å². The Morgan fingerprint density at radius 2 is 0.835 bits per heavy atom. The number of hydrogen-bond donors (Lipinski definition) is 6. The molecule has 4 saturated carbocycles. The maximum atomic E-state index is 13.9. The molecule has 580 valence electrons. The molecule has 3 aromatic heterocycles. The minimum Gasteiger partial charge on any atom is -0.384 e. The van der Waals surface area contributed by atoms with Crippen molar-refractivity contribution in [3.63, 3.8) is 0 Å². The van der Waals surface area contributed by atoms with Crippen LogP contribution in [0.5, 0.6) is 0 Å². The number of rotatable bonds is 22. The smallest absolute Gasteiger partial charge is 0.325 e. The Morgan fingerprint density at radius 1 is 0.459 bits per heavy atom. The summed E-state index contributed by atoms with van der Waals surface area (Å²) in [6, 6.07) is 31.9. The first-order valence-electron chi connectivity index (χ1n) is 39.3. The van der Waals surface area contributed by atoms with Gasteiger partial charge in [-0.15, -0.1) is 0 Å². The molecule has 24 nitrogen and oxygen atoms in total. The molecule has 109 heavy (non-hydrogen) atoms. The van der Waals surface area contributed by atoms with E-state index in [1.54, 1.807) is 98.2 Å². The summed E-state index contributed by atoms with van der Waals surface area (Å²) in [7, 11) is 3.37. The van der Waals surface area contributed by atoms with Crippen molar-refractivity contribution in [3.05, 3.63) is 162 Å². The van der Waals surface area contributed by atoms with E-state index in [0.29, 0.717) is 89.0 Å². The molecule has 9 N–H and O–H groups in total. The van der Waals surface area contributed by atoms with Gasteiger partial charge in [-0.25, -0.2) is 29.3 Å². The number of para-hydroxylation sites is 2. The number of anilines is 6. The summed E-state index contributed by atoms with van der Waals surface area (Å²) < 4.78 is 0. The highest BCUT2D eigenvalue weighted by Gasteiger charge is 2.59. The number of hydrogen-bond acceptors (Lipinski definition) is 15. The second kappa shape index (κ2) is 37.0. The number of pyridine rings is 3. The van der Waals surface area contributed by atoms with Gasteiger partial charge in [-0.2, -0.15) is 0 Å². The average Bonchev–Trinajstić information content (AvgIpc) is 1.24. The number of urea groups is 3. The molecule has 6 heterocycles. The number of likely N-dealkylation sites (N-methyl/N-ethyl adjacent to an activating group) is 3. The summed E-state index contributed by atoms with van der Waals surface area (Å²) in [6.45, 7) is 8.47. The molecule has 3 aliphatic heterocycles. The molecule has 7 fully saturated rings. The van der Waals surface area contributed by atoms with Gasteiger partial charge in [-0.3, -0.25) is 43.5 Å². The van der Waals surface area contributed by atoms with Gasteiger partial charge >= 0.3 is 18.1 Å². The lowest BCUT2D eigenvalue weighted by atomic mass is 9.79. The summed E-state index contributed by atoms with van der Waals surface area (Å²) in [5.74, 6) is -0.866. The van der Waals surface area contributed by atoms with Crippen molar-refractivity contribution in [1.29, 1.82) is 0 Å². The first-order chi connectivity index (χ1) is 52.5. The molecule has 4 aliphatic carbocycles. The maximum absolute atomic E-state index is 13.9. The molecule has 0 spiro atoms. The lowest BCUT2D eigenvalue weighted by Crippen LogP contribution is -2.71. The lowest BCUT2D eigenvalue weighted by molar-refractivity contribution is -0.156. The van der Waals surface area contributed by atoms with Crippen LogP contribution >= 0.6 is 11.6 Å². The normalized spacial score (nSPS) is 21.6. The highest BCUT2D eigenvalue weighted by molar-refractivity contribution is 6.31. The lowest BCUT2D eigenvalue weighted by Gasteiger charge is -2.46. The van der Waals surface area contributed by atoms with Crippen molar-refractivity contribution in [3.8, 4) is 0 Å². The van der Waals surface area contributed by atoms with Gasteiger partial charge in [0.2, 0.25) is 17.7 Å². The van der Waals surface area contributed by atoms with E-state index in [2.05, 4.69) is 51.7 Å². The summed E-state index contributed by atoms with van der Waals surface area (Å²) >= 11 is 6.19. The van der Waals surface area contributed by atoms with Crippen LogP contribution in [0, 0.1) is 47.3 Å². The van der Waals surface area contributed by atoms with Gasteiger partial charge in [0.15, 0.2) is 0 Å². The van der Waals surface area contributed by atoms with E-state index in [1.165, 1.54) is 41.9 Å². The van der Waals surface area contributed by atoms with Gasteiger partial charge in [0.25, 0.3) is 17.7 Å². The van der Waals surface area contributed by atoms with Crippen molar-refractivity contribution in [2.24, 2.45) is 47.3 Å². The molecule has 13 rings (SSSR count). The first kappa shape index (κ1) is 80.1. The monoisotopic (exact) mass is 1510 g/mol. The second-order valence-electron chi connectivity index (χ2n) is 30.9. The number of carbonyl (C=O) groups is 9. The number of amides is 12. The number of benzene rings is 3. The molecule has 6 aromatic rings. The summed E-state index contributed by atoms with van der Waals surface area (Å²) in [4.78, 5) is 142. The minimum atomic E-state index is -0.926. The standard InChI is InChI=1S/C28H36ClN5O3.C28H35N5O3.C28H37N5O3/c1-3-23(19-9-6-5-7-10-19)32-28(37)34-25(22(26(34)35)15-18-13-14-31-24(30)16-18)27(36)33(4-2)21-12-8-11-20(29)17-21;1-32(21-10-6-3-7-11-21)27(35)25-22(16-18-14-15-30-23(29)17-18)26(34)33(25)28(36)31-24(20-12-13-20)19-8-4-2-5-9-19;1-18(2)24(20-10-6-4-7-11-20)31-28(36)33-25(27(35)32(3)21-12-8-5-9-13-21)22(26(33)34)16-19-14-15-30-23(29)17-19/h8,11-14,16-17,19,22-23,25H,3-7,9-10,15H2,1-2H3,(H2,30,31)(H,32,37);3,6-7,10-11,14-15,17,19-20,22,24-25H,2,4-5,8-9,12-13,16H2,1H3,(H2,29,30)(H,31,36);5,8-9,12-15,17-18,20,22,24-25H,4,6-7,10-11,16H2,1-3H3,(H2,29,30)(H,31,36)/t22-,23-,25+;22-,24+,25+;22-,24-,25+/m111/s1. The van der Waals surface area contributed by atoms with Gasteiger partial charge in [0.05, 0.1) is 17.8 Å². The zero-order chi connectivity index (χ0) is 77.6. The number of likely N-dealkylation sites (tertiary alicyclic amines) is 3. The van der Waals surface area contributed by atoms with E-state index in [9.17, 15) is 43.2 Å². The molecule has 12 amide bonds. The average molecular weight is 1510 g/mol. The Bertz CT molecular complexity index is 4000. The molecule has 25 heteroatoms. The zero-order valence-electron chi connectivity index (χ0n) is 63.7. The third-order valence-electron chi connectivity index (χ3n) is 23.3. The summed E-state index contributed by atoms with van der Waals surface area (Å²) in [5, 5.41) is 9.95. The second-order valence-corrected chi connectivity index (χ2v) is 31.3. The van der Waals surface area contributed by atoms with Crippen LogP contribution in [0.4, 0.5) is 48.9 Å². The number of nitrogens with one attached hydrogen (secondary N) is 3. The number of β-lactam (4-membered cyclic amide) rings is 3. The molecule has 0 radical (unpaired) electrons. The SMILES string of the molecule is CC(C)[C@@H](NC(=O)N1C(=O)[C@H](Cc2ccnc(N)c2)[C@H]1C(=O)N(C)c1ccccc1)C1CCCCC1.CC[C@@H](NC(=O)N1C(=O)[C@H](Cc2ccnc(N)c2)[C@H]1C(=O)N(CC)c1cccc(Cl)c1)C1CCCCC1.CN(C(=O)[C@@H]1[C@@H](Cc2ccnc(N)c2)C(=O)N1C(=O)N[C@@H](C1CCCCC1)C1CC1)c1ccccc1. The van der Waals surface area contributed by atoms with Crippen molar-refractivity contribution in [2.45, 2.75) is 199 Å². The first-order valence-corrected chi connectivity index (χ1v) is 39.7. The van der Waals surface area contributed by atoms with E-state index in [-0.39, 0.29) is 59.5 Å². The van der Waals surface area contributed by atoms with Crippen LogP contribution in [-0.4, -0.2) is 140 Å². The van der Waals surface area contributed by atoms with E-state index >= 15 is 0 Å². The number of nitrogens with zero attached hydrogens (tertiary/aromatic N) is 9. The fourth-order valence-corrected chi connectivity index (χ4v) is 17.4. The van der Waals surface area contributed by atoms with Crippen LogP contribution in [0.25, 0.3) is 0 Å². The summed E-state index contributed by atoms with van der Waals surface area (Å²) in [6.07, 6.45) is 25.9. The van der Waals surface area contributed by atoms with Gasteiger partial charge in [-0.1, -0.05) is 133 Å². The Morgan fingerprint density at radius 3 is 1.22 bits per heavy atom. The van der Waals surface area contributed by atoms with E-state index in [1.807, 2.05) is 67.6 Å². The zero-order valence-corrected chi connectivity index (χ0v) is 64.5. The van der Waals surface area contributed by atoms with Crippen LogP contribution in [0.1, 0.15) is 160 Å². The van der Waals surface area contributed by atoms with Gasteiger partial charge in [0.1, 0.15) is 35.6 Å². The molecule has 9 atom stereocenters. The number of carbonyl (C=O) groups excluding carboxylic acids is 9. The van der Waals surface area contributed by atoms with Gasteiger partial charge in [0, 0.05) is 79.4 Å². The molecule has 0 bridgehead atoms. The van der Waals surface area contributed by atoms with Crippen LogP contribution in [-0.2, 0) is 48.0 Å².